The predicted octanol–water partition coefficient (Wildman–Crippen LogP) is 2.01. The normalized spacial score (nSPS) is 27.0. The monoisotopic (exact) mass is 304 g/mol. The van der Waals surface area contributed by atoms with Gasteiger partial charge in [-0.25, -0.2) is 0 Å². The van der Waals surface area contributed by atoms with Crippen molar-refractivity contribution in [1.82, 2.24) is 10.2 Å². The molecule has 2 rings (SSSR count). The number of hydrogen-bond donors (Lipinski definition) is 1. The lowest BCUT2D eigenvalue weighted by Gasteiger charge is -2.40. The Morgan fingerprint density at radius 3 is 2.33 bits per heavy atom. The largest absolute Gasteiger partial charge is 0.408 e. The van der Waals surface area contributed by atoms with E-state index in [-0.39, 0.29) is 31.2 Å². The highest BCUT2D eigenvalue weighted by Gasteiger charge is 2.47. The van der Waals surface area contributed by atoms with E-state index >= 15 is 0 Å². The van der Waals surface area contributed by atoms with E-state index in [4.69, 9.17) is 0 Å². The third-order valence-corrected chi connectivity index (χ3v) is 4.09. The van der Waals surface area contributed by atoms with Crippen LogP contribution in [0.1, 0.15) is 32.6 Å². The number of alkyl halides is 3. The Morgan fingerprint density at radius 2 is 1.81 bits per heavy atom. The van der Waals surface area contributed by atoms with E-state index < -0.39 is 24.2 Å². The lowest BCUT2D eigenvalue weighted by Crippen LogP contribution is -2.58. The van der Waals surface area contributed by atoms with E-state index in [9.17, 15) is 22.8 Å². The van der Waals surface area contributed by atoms with Crippen LogP contribution < -0.4 is 5.32 Å². The number of carbonyl (C=O) groups excluding carboxylic acids is 2. The van der Waals surface area contributed by atoms with Crippen LogP contribution in [0.2, 0.25) is 0 Å². The van der Waals surface area contributed by atoms with Gasteiger partial charge in [0.2, 0.25) is 11.8 Å². The second-order valence-corrected chi connectivity index (χ2v) is 5.65. The first-order valence-electron chi connectivity index (χ1n) is 7.08. The molecule has 1 heterocycles. The summed E-state index contributed by atoms with van der Waals surface area (Å²) < 4.78 is 38.7. The number of piperidine rings is 1. The van der Waals surface area contributed by atoms with Gasteiger partial charge in [-0.2, -0.15) is 13.2 Å². The molecule has 1 aliphatic carbocycles. The summed E-state index contributed by atoms with van der Waals surface area (Å²) >= 11 is 0. The Labute approximate surface area is 121 Å². The van der Waals surface area contributed by atoms with Crippen LogP contribution in [-0.4, -0.2) is 41.5 Å². The summed E-state index contributed by atoms with van der Waals surface area (Å²) in [6.45, 7) is 1.05. The van der Waals surface area contributed by atoms with Crippen LogP contribution in [0.4, 0.5) is 13.2 Å². The van der Waals surface area contributed by atoms with Gasteiger partial charge in [0.15, 0.2) is 0 Å². The molecule has 21 heavy (non-hydrogen) atoms. The molecule has 2 aliphatic rings. The summed E-state index contributed by atoms with van der Waals surface area (Å²) in [4.78, 5) is 24.3. The molecule has 0 radical (unpaired) electrons. The molecule has 1 fully saturated rings. The number of halogens is 3. The van der Waals surface area contributed by atoms with Gasteiger partial charge in [-0.15, -0.1) is 0 Å². The summed E-state index contributed by atoms with van der Waals surface area (Å²) in [6, 6.07) is -2.14. The third-order valence-electron chi connectivity index (χ3n) is 4.09. The molecule has 0 aromatic heterocycles. The van der Waals surface area contributed by atoms with E-state index in [1.54, 1.807) is 0 Å². The maximum atomic E-state index is 12.9. The number of nitrogens with zero attached hydrogens (tertiary/aromatic N) is 1. The molecule has 2 atom stereocenters. The molecule has 7 heteroatoms. The van der Waals surface area contributed by atoms with Crippen molar-refractivity contribution in [3.05, 3.63) is 12.2 Å². The molecule has 2 amide bonds. The Morgan fingerprint density at radius 1 is 1.19 bits per heavy atom. The Bertz CT molecular complexity index is 440. The lowest BCUT2D eigenvalue weighted by atomic mass is 9.96. The zero-order chi connectivity index (χ0) is 15.6. The second kappa shape index (κ2) is 6.07. The predicted molar refractivity (Wildman–Crippen MR) is 70.3 cm³/mol. The molecule has 0 spiro atoms. The molecule has 1 saturated heterocycles. The fourth-order valence-corrected chi connectivity index (χ4v) is 2.93. The standard InChI is InChI=1S/C14H19F3N2O2/c1-9(20)19-8-11(6-7-12(19)14(15,16)17)18-13(21)10-4-2-3-5-10/h2-3,10-12H,4-8H2,1H3,(H,18,21). The minimum Gasteiger partial charge on any atom is -0.351 e. The summed E-state index contributed by atoms with van der Waals surface area (Å²) in [5, 5.41) is 2.78. The highest BCUT2D eigenvalue weighted by atomic mass is 19.4. The van der Waals surface area contributed by atoms with Gasteiger partial charge in [0.25, 0.3) is 0 Å². The number of allylic oxidation sites excluding steroid dienone is 2. The lowest BCUT2D eigenvalue weighted by molar-refractivity contribution is -0.196. The molecule has 1 aliphatic heterocycles. The highest BCUT2D eigenvalue weighted by molar-refractivity contribution is 5.80. The number of nitrogens with one attached hydrogen (secondary N) is 1. The molecule has 0 aromatic carbocycles. The Balaban J connectivity index is 1.95. The van der Waals surface area contributed by atoms with E-state index in [1.165, 1.54) is 0 Å². The van der Waals surface area contributed by atoms with Gasteiger partial charge in [0, 0.05) is 25.4 Å². The van der Waals surface area contributed by atoms with Gasteiger partial charge in [-0.1, -0.05) is 12.2 Å². The Kier molecular flexibility index (Phi) is 4.58. The molecule has 1 N–H and O–H groups in total. The van der Waals surface area contributed by atoms with Crippen LogP contribution in [0.3, 0.4) is 0 Å². The van der Waals surface area contributed by atoms with Crippen molar-refractivity contribution in [3.63, 3.8) is 0 Å². The van der Waals surface area contributed by atoms with Crippen molar-refractivity contribution < 1.29 is 22.8 Å². The zero-order valence-corrected chi connectivity index (χ0v) is 11.8. The first kappa shape index (κ1) is 15.9. The summed E-state index contributed by atoms with van der Waals surface area (Å²) in [5.41, 5.74) is 0. The van der Waals surface area contributed by atoms with E-state index in [0.29, 0.717) is 12.8 Å². The average Bonchev–Trinajstić information content (AvgIpc) is 2.91. The molecule has 0 saturated carbocycles. The van der Waals surface area contributed by atoms with Crippen molar-refractivity contribution in [1.29, 1.82) is 0 Å². The molecule has 0 aromatic rings. The van der Waals surface area contributed by atoms with Gasteiger partial charge in [0.1, 0.15) is 6.04 Å². The summed E-state index contributed by atoms with van der Waals surface area (Å²) in [5.74, 6) is -0.881. The number of likely N-dealkylation sites (tertiary alicyclic amines) is 1. The molecular formula is C14H19F3N2O2. The molecular weight excluding hydrogens is 285 g/mol. The Hall–Kier alpha value is -1.53. The van der Waals surface area contributed by atoms with Gasteiger partial charge in [-0.05, 0) is 25.7 Å². The van der Waals surface area contributed by atoms with Crippen LogP contribution >= 0.6 is 0 Å². The SMILES string of the molecule is CC(=O)N1CC(NC(=O)C2CC=CC2)CCC1C(F)(F)F. The average molecular weight is 304 g/mol. The van der Waals surface area contributed by atoms with Gasteiger partial charge < -0.3 is 10.2 Å². The maximum Gasteiger partial charge on any atom is 0.408 e. The molecule has 0 bridgehead atoms. The van der Waals surface area contributed by atoms with Crippen LogP contribution in [0.25, 0.3) is 0 Å². The minimum absolute atomic E-state index is 0.0780. The summed E-state index contributed by atoms with van der Waals surface area (Å²) in [7, 11) is 0. The van der Waals surface area contributed by atoms with Crippen molar-refractivity contribution in [3.8, 4) is 0 Å². The number of carbonyl (C=O) groups is 2. The smallest absolute Gasteiger partial charge is 0.351 e. The van der Waals surface area contributed by atoms with Crippen LogP contribution in [-0.2, 0) is 9.59 Å². The van der Waals surface area contributed by atoms with Crippen molar-refractivity contribution >= 4 is 11.8 Å². The fraction of sp³-hybridized carbons (Fsp3) is 0.714. The topological polar surface area (TPSA) is 49.4 Å². The van der Waals surface area contributed by atoms with Gasteiger partial charge in [-0.3, -0.25) is 9.59 Å². The van der Waals surface area contributed by atoms with E-state index in [0.717, 1.165) is 11.8 Å². The third kappa shape index (κ3) is 3.77. The highest BCUT2D eigenvalue weighted by Crippen LogP contribution is 2.32. The van der Waals surface area contributed by atoms with Crippen LogP contribution in [0.15, 0.2) is 12.2 Å². The van der Waals surface area contributed by atoms with Crippen molar-refractivity contribution in [2.24, 2.45) is 5.92 Å². The van der Waals surface area contributed by atoms with Gasteiger partial charge in [0.05, 0.1) is 0 Å². The first-order chi connectivity index (χ1) is 9.79. The maximum absolute atomic E-state index is 12.9. The first-order valence-corrected chi connectivity index (χ1v) is 7.08. The van der Waals surface area contributed by atoms with Crippen molar-refractivity contribution in [2.45, 2.75) is 50.9 Å². The van der Waals surface area contributed by atoms with E-state index in [2.05, 4.69) is 5.32 Å². The fourth-order valence-electron chi connectivity index (χ4n) is 2.93. The second-order valence-electron chi connectivity index (χ2n) is 5.65. The quantitative estimate of drug-likeness (QED) is 0.793. The van der Waals surface area contributed by atoms with Crippen LogP contribution in [0, 0.1) is 5.92 Å². The zero-order valence-electron chi connectivity index (χ0n) is 11.8. The molecule has 118 valence electrons. The summed E-state index contributed by atoms with van der Waals surface area (Å²) in [6.07, 6.45) is 0.826. The molecule has 4 nitrogen and oxygen atoms in total. The molecule has 2 unspecified atom stereocenters. The minimum atomic E-state index is -4.42. The van der Waals surface area contributed by atoms with Crippen LogP contribution in [0.5, 0.6) is 0 Å². The number of rotatable bonds is 2. The number of amides is 2. The van der Waals surface area contributed by atoms with Crippen molar-refractivity contribution in [2.75, 3.05) is 6.54 Å². The van der Waals surface area contributed by atoms with E-state index in [1.807, 2.05) is 12.2 Å². The number of hydrogen-bond acceptors (Lipinski definition) is 2. The van der Waals surface area contributed by atoms with Gasteiger partial charge >= 0.3 is 6.18 Å².